The topological polar surface area (TPSA) is 62.2 Å². The van der Waals surface area contributed by atoms with Crippen LogP contribution in [0.5, 0.6) is 0 Å². The van der Waals surface area contributed by atoms with Crippen molar-refractivity contribution in [2.45, 2.75) is 18.4 Å². The molecule has 1 heterocycles. The van der Waals surface area contributed by atoms with Crippen molar-refractivity contribution in [2.75, 3.05) is 6.54 Å². The molecule has 1 aliphatic rings. The number of nitrogens with one attached hydrogen (secondary N) is 1. The van der Waals surface area contributed by atoms with E-state index in [-0.39, 0.29) is 18.4 Å². The zero-order chi connectivity index (χ0) is 16.6. The second-order valence-corrected chi connectivity index (χ2v) is 7.17. The second-order valence-electron chi connectivity index (χ2n) is 6.28. The van der Waals surface area contributed by atoms with E-state index in [2.05, 4.69) is 10.3 Å². The number of thiazole rings is 1. The summed E-state index contributed by atoms with van der Waals surface area (Å²) in [7, 11) is 0. The Labute approximate surface area is 144 Å². The molecule has 0 unspecified atom stereocenters. The van der Waals surface area contributed by atoms with E-state index < -0.39 is 5.60 Å². The van der Waals surface area contributed by atoms with Gasteiger partial charge < -0.3 is 10.4 Å². The van der Waals surface area contributed by atoms with Crippen LogP contribution in [0.4, 0.5) is 0 Å². The van der Waals surface area contributed by atoms with Gasteiger partial charge in [0.25, 0.3) is 5.91 Å². The van der Waals surface area contributed by atoms with Gasteiger partial charge in [-0.15, -0.1) is 11.3 Å². The van der Waals surface area contributed by atoms with E-state index >= 15 is 0 Å². The van der Waals surface area contributed by atoms with Crippen LogP contribution in [0, 0.1) is 5.92 Å². The Morgan fingerprint density at radius 1 is 1.25 bits per heavy atom. The minimum absolute atomic E-state index is 0.166. The number of carbonyl (C=O) groups is 1. The molecular formula is C19H18N2O2S. The monoisotopic (exact) mass is 338 g/mol. The summed E-state index contributed by atoms with van der Waals surface area (Å²) < 4.78 is 0.989. The Bertz CT molecular complexity index is 873. The molecule has 4 nitrogen and oxygen atoms in total. The Morgan fingerprint density at radius 3 is 2.79 bits per heavy atom. The molecule has 0 aliphatic heterocycles. The fourth-order valence-electron chi connectivity index (χ4n) is 3.08. The number of aromatic nitrogens is 1. The smallest absolute Gasteiger partial charge is 0.251 e. The second kappa shape index (κ2) is 6.00. The largest absolute Gasteiger partial charge is 0.383 e. The molecule has 2 aromatic carbocycles. The summed E-state index contributed by atoms with van der Waals surface area (Å²) in [5, 5.41) is 14.0. The average Bonchev–Trinajstić information content (AvgIpc) is 3.38. The van der Waals surface area contributed by atoms with E-state index in [1.165, 1.54) is 11.3 Å². The third kappa shape index (κ3) is 2.81. The summed E-state index contributed by atoms with van der Waals surface area (Å²) in [6.45, 7) is 0.223. The molecule has 1 aromatic heterocycles. The average molecular weight is 338 g/mol. The van der Waals surface area contributed by atoms with Gasteiger partial charge in [0.1, 0.15) is 5.60 Å². The first-order valence-electron chi connectivity index (χ1n) is 8.06. The molecule has 1 fully saturated rings. The molecule has 1 saturated carbocycles. The predicted octanol–water partition coefficient (Wildman–Crippen LogP) is 3.32. The van der Waals surface area contributed by atoms with E-state index in [0.29, 0.717) is 5.56 Å². The number of carbonyl (C=O) groups excluding carboxylic acids is 1. The number of benzene rings is 2. The van der Waals surface area contributed by atoms with E-state index in [1.54, 1.807) is 11.6 Å². The molecular weight excluding hydrogens is 320 g/mol. The molecule has 0 radical (unpaired) electrons. The minimum Gasteiger partial charge on any atom is -0.383 e. The fraction of sp³-hybridized carbons (Fsp3) is 0.263. The Kier molecular flexibility index (Phi) is 3.82. The van der Waals surface area contributed by atoms with Crippen LogP contribution < -0.4 is 5.32 Å². The summed E-state index contributed by atoms with van der Waals surface area (Å²) in [6, 6.07) is 15.1. The molecule has 0 saturated heterocycles. The van der Waals surface area contributed by atoms with Gasteiger partial charge in [0, 0.05) is 5.56 Å². The van der Waals surface area contributed by atoms with Gasteiger partial charge in [0.05, 0.1) is 22.3 Å². The van der Waals surface area contributed by atoms with Crippen LogP contribution in [-0.4, -0.2) is 22.5 Å². The number of amides is 1. The zero-order valence-electron chi connectivity index (χ0n) is 13.1. The summed E-state index contributed by atoms with van der Waals surface area (Å²) in [4.78, 5) is 16.7. The molecule has 1 aliphatic carbocycles. The minimum atomic E-state index is -0.995. The first kappa shape index (κ1) is 15.3. The van der Waals surface area contributed by atoms with Crippen LogP contribution in [0.2, 0.25) is 0 Å². The summed E-state index contributed by atoms with van der Waals surface area (Å²) in [5.41, 5.74) is 3.14. The normalized spacial score (nSPS) is 16.7. The van der Waals surface area contributed by atoms with E-state index in [4.69, 9.17) is 0 Å². The lowest BCUT2D eigenvalue weighted by molar-refractivity contribution is 0.0135. The van der Waals surface area contributed by atoms with Crippen LogP contribution in [-0.2, 0) is 5.60 Å². The summed E-state index contributed by atoms with van der Waals surface area (Å²) in [6.07, 6.45) is 1.99. The van der Waals surface area contributed by atoms with E-state index in [0.717, 1.165) is 28.6 Å². The standard InChI is InChI=1S/C19H18N2O2S/c22-18(13-6-9-16-17(10-13)24-12-21-16)20-11-19(23,15-7-8-15)14-4-2-1-3-5-14/h1-6,9-10,12,15,23H,7-8,11H2,(H,20,22)/t19-/m0/s1. The molecule has 5 heteroatoms. The van der Waals surface area contributed by atoms with Gasteiger partial charge >= 0.3 is 0 Å². The van der Waals surface area contributed by atoms with Gasteiger partial charge in [-0.3, -0.25) is 4.79 Å². The number of aliphatic hydroxyl groups is 1. The van der Waals surface area contributed by atoms with Gasteiger partial charge in [-0.05, 0) is 42.5 Å². The van der Waals surface area contributed by atoms with Crippen molar-refractivity contribution < 1.29 is 9.90 Å². The van der Waals surface area contributed by atoms with Crippen molar-refractivity contribution in [3.63, 3.8) is 0 Å². The van der Waals surface area contributed by atoms with Crippen LogP contribution in [0.25, 0.3) is 10.2 Å². The highest BCUT2D eigenvalue weighted by Crippen LogP contribution is 2.45. The van der Waals surface area contributed by atoms with Gasteiger partial charge in [0.2, 0.25) is 0 Å². The lowest BCUT2D eigenvalue weighted by atomic mass is 9.88. The van der Waals surface area contributed by atoms with Crippen molar-refractivity contribution in [1.29, 1.82) is 0 Å². The van der Waals surface area contributed by atoms with Crippen molar-refractivity contribution in [3.8, 4) is 0 Å². The number of hydrogen-bond acceptors (Lipinski definition) is 4. The molecule has 3 aromatic rings. The molecule has 0 bridgehead atoms. The fourth-order valence-corrected chi connectivity index (χ4v) is 3.80. The highest BCUT2D eigenvalue weighted by molar-refractivity contribution is 7.16. The quantitative estimate of drug-likeness (QED) is 0.750. The predicted molar refractivity (Wildman–Crippen MR) is 95.0 cm³/mol. The molecule has 24 heavy (non-hydrogen) atoms. The summed E-state index contributed by atoms with van der Waals surface area (Å²) in [5.74, 6) is 0.0458. The van der Waals surface area contributed by atoms with E-state index in [9.17, 15) is 9.90 Å². The van der Waals surface area contributed by atoms with Crippen molar-refractivity contribution in [3.05, 3.63) is 65.2 Å². The van der Waals surface area contributed by atoms with Gasteiger partial charge in [-0.25, -0.2) is 4.98 Å². The SMILES string of the molecule is O=C(NC[C@](O)(c1ccccc1)C1CC1)c1ccc2ncsc2c1. The Hall–Kier alpha value is -2.24. The highest BCUT2D eigenvalue weighted by atomic mass is 32.1. The summed E-state index contributed by atoms with van der Waals surface area (Å²) >= 11 is 1.51. The highest BCUT2D eigenvalue weighted by Gasteiger charge is 2.45. The number of nitrogens with zero attached hydrogens (tertiary/aromatic N) is 1. The maximum Gasteiger partial charge on any atom is 0.251 e. The number of rotatable bonds is 5. The molecule has 1 atom stereocenters. The van der Waals surface area contributed by atoms with Gasteiger partial charge in [0.15, 0.2) is 0 Å². The molecule has 2 N–H and O–H groups in total. The Morgan fingerprint density at radius 2 is 2.04 bits per heavy atom. The first-order chi connectivity index (χ1) is 11.7. The number of hydrogen-bond donors (Lipinski definition) is 2. The van der Waals surface area contributed by atoms with Gasteiger partial charge in [-0.1, -0.05) is 30.3 Å². The van der Waals surface area contributed by atoms with Crippen LogP contribution in [0.3, 0.4) is 0 Å². The maximum atomic E-state index is 12.5. The third-order valence-corrected chi connectivity index (χ3v) is 5.43. The third-order valence-electron chi connectivity index (χ3n) is 4.64. The van der Waals surface area contributed by atoms with Crippen LogP contribution in [0.1, 0.15) is 28.8 Å². The van der Waals surface area contributed by atoms with E-state index in [1.807, 2.05) is 42.5 Å². The Balaban J connectivity index is 1.52. The molecule has 1 amide bonds. The molecule has 0 spiro atoms. The lowest BCUT2D eigenvalue weighted by Crippen LogP contribution is -2.42. The lowest BCUT2D eigenvalue weighted by Gasteiger charge is -2.29. The van der Waals surface area contributed by atoms with Crippen molar-refractivity contribution in [1.82, 2.24) is 10.3 Å². The maximum absolute atomic E-state index is 12.5. The number of fused-ring (bicyclic) bond motifs is 1. The zero-order valence-corrected chi connectivity index (χ0v) is 13.9. The van der Waals surface area contributed by atoms with Crippen LogP contribution >= 0.6 is 11.3 Å². The van der Waals surface area contributed by atoms with Crippen LogP contribution in [0.15, 0.2) is 54.0 Å². The molecule has 4 rings (SSSR count). The molecule has 122 valence electrons. The van der Waals surface area contributed by atoms with Crippen molar-refractivity contribution >= 4 is 27.5 Å². The first-order valence-corrected chi connectivity index (χ1v) is 8.94. The van der Waals surface area contributed by atoms with Crippen molar-refractivity contribution in [2.24, 2.45) is 5.92 Å². The van der Waals surface area contributed by atoms with Gasteiger partial charge in [-0.2, -0.15) is 0 Å².